The number of aromatic nitrogens is 1. The van der Waals surface area contributed by atoms with Crippen molar-refractivity contribution < 1.29 is 9.90 Å². The topological polar surface area (TPSA) is 59.3 Å². The second-order valence-electron chi connectivity index (χ2n) is 5.31. The van der Waals surface area contributed by atoms with Crippen LogP contribution in [0.25, 0.3) is 16.8 Å². The number of nitrogens with zero attached hydrogens (tertiary/aromatic N) is 1. The van der Waals surface area contributed by atoms with E-state index in [0.29, 0.717) is 16.8 Å². The van der Waals surface area contributed by atoms with Crippen molar-refractivity contribution in [3.05, 3.63) is 75.7 Å². The van der Waals surface area contributed by atoms with E-state index < -0.39 is 5.97 Å². The minimum atomic E-state index is -1.03. The van der Waals surface area contributed by atoms with E-state index in [1.54, 1.807) is 19.9 Å². The molecule has 0 amide bonds. The highest BCUT2D eigenvalue weighted by molar-refractivity contribution is 5.97. The number of para-hydroxylation sites is 1. The molecule has 3 rings (SSSR count). The van der Waals surface area contributed by atoms with E-state index in [0.717, 1.165) is 11.3 Å². The van der Waals surface area contributed by atoms with Gasteiger partial charge in [-0.15, -0.1) is 0 Å². The summed E-state index contributed by atoms with van der Waals surface area (Å²) in [6.45, 7) is 3.48. The zero-order valence-electron chi connectivity index (χ0n) is 12.3. The normalized spacial score (nSPS) is 10.8. The van der Waals surface area contributed by atoms with Gasteiger partial charge in [0.2, 0.25) is 0 Å². The van der Waals surface area contributed by atoms with Gasteiger partial charge >= 0.3 is 5.97 Å². The van der Waals surface area contributed by atoms with Crippen LogP contribution < -0.4 is 5.43 Å². The summed E-state index contributed by atoms with van der Waals surface area (Å²) in [6.07, 6.45) is 1.87. The summed E-state index contributed by atoms with van der Waals surface area (Å²) in [7, 11) is 0. The fourth-order valence-corrected chi connectivity index (χ4v) is 2.71. The number of aromatic carboxylic acids is 1. The van der Waals surface area contributed by atoms with Crippen LogP contribution in [0.3, 0.4) is 0 Å². The fraction of sp³-hybridized carbons (Fsp3) is 0.111. The number of aryl methyl sites for hydroxylation is 1. The molecule has 0 aromatic heterocycles. The lowest BCUT2D eigenvalue weighted by Crippen LogP contribution is -2.15. The van der Waals surface area contributed by atoms with Crippen LogP contribution in [0.1, 0.15) is 21.6 Å². The van der Waals surface area contributed by atoms with Crippen molar-refractivity contribution in [2.75, 3.05) is 0 Å². The Kier molecular flexibility index (Phi) is 3.29. The number of carboxylic acid groups (broad SMARTS) is 1. The predicted molar refractivity (Wildman–Crippen MR) is 85.1 cm³/mol. The van der Waals surface area contributed by atoms with Crippen molar-refractivity contribution in [1.82, 2.24) is 4.57 Å². The van der Waals surface area contributed by atoms with Crippen molar-refractivity contribution in [3.8, 4) is 16.8 Å². The highest BCUT2D eigenvalue weighted by Gasteiger charge is 2.20. The Bertz CT molecular complexity index is 894. The van der Waals surface area contributed by atoms with Gasteiger partial charge in [0.1, 0.15) is 0 Å². The highest BCUT2D eigenvalue weighted by atomic mass is 16.4. The number of rotatable bonds is 2. The summed E-state index contributed by atoms with van der Waals surface area (Å²) in [4.78, 5) is 23.6. The molecule has 1 aliphatic carbocycles. The second kappa shape index (κ2) is 5.15. The van der Waals surface area contributed by atoms with Gasteiger partial charge in [0.25, 0.3) is 0 Å². The predicted octanol–water partition coefficient (Wildman–Crippen LogP) is 3.26. The minimum absolute atomic E-state index is 0.146. The molecule has 0 atom stereocenters. The Labute approximate surface area is 127 Å². The molecule has 2 aliphatic rings. The molecular weight excluding hydrogens is 278 g/mol. The summed E-state index contributed by atoms with van der Waals surface area (Å²) in [5.41, 5.74) is 3.32. The van der Waals surface area contributed by atoms with Crippen LogP contribution >= 0.6 is 0 Å². The summed E-state index contributed by atoms with van der Waals surface area (Å²) >= 11 is 0. The number of benzene rings is 2. The zero-order valence-corrected chi connectivity index (χ0v) is 12.3. The van der Waals surface area contributed by atoms with Crippen LogP contribution in [0.4, 0.5) is 0 Å². The Morgan fingerprint density at radius 2 is 1.77 bits per heavy atom. The van der Waals surface area contributed by atoms with Gasteiger partial charge in [-0.05, 0) is 49.2 Å². The Balaban J connectivity index is 2.44. The van der Waals surface area contributed by atoms with Crippen LogP contribution in [0, 0.1) is 13.8 Å². The first-order valence-corrected chi connectivity index (χ1v) is 6.94. The quantitative estimate of drug-likeness (QED) is 0.789. The maximum absolute atomic E-state index is 11.9. The monoisotopic (exact) mass is 293 g/mol. The maximum Gasteiger partial charge on any atom is 0.338 e. The molecule has 0 fully saturated rings. The van der Waals surface area contributed by atoms with Gasteiger partial charge in [0, 0.05) is 23.1 Å². The summed E-state index contributed by atoms with van der Waals surface area (Å²) in [5.74, 6) is -1.03. The third-order valence-electron chi connectivity index (χ3n) is 3.86. The first-order valence-electron chi connectivity index (χ1n) is 6.94. The van der Waals surface area contributed by atoms with Gasteiger partial charge in [0.05, 0.1) is 5.56 Å². The first kappa shape index (κ1) is 14.1. The zero-order chi connectivity index (χ0) is 15.9. The number of carbonyl (C=O) groups is 1. The molecule has 1 heterocycles. The third-order valence-corrected chi connectivity index (χ3v) is 3.86. The molecule has 0 saturated heterocycles. The number of hydrogen-bond donors (Lipinski definition) is 1. The Hall–Kier alpha value is -2.88. The Morgan fingerprint density at radius 3 is 2.41 bits per heavy atom. The molecule has 0 spiro atoms. The molecule has 1 aromatic carbocycles. The molecular formula is C18H15NO3. The molecule has 0 unspecified atom stereocenters. The molecule has 0 saturated carbocycles. The molecule has 110 valence electrons. The van der Waals surface area contributed by atoms with E-state index in [-0.39, 0.29) is 11.0 Å². The molecule has 1 aromatic rings. The molecule has 1 N–H and O–H groups in total. The number of fused-ring (bicyclic) bond motifs is 1. The number of pyridine rings is 1. The van der Waals surface area contributed by atoms with Crippen LogP contribution in [0.2, 0.25) is 0 Å². The van der Waals surface area contributed by atoms with Crippen molar-refractivity contribution in [3.63, 3.8) is 0 Å². The average Bonchev–Trinajstić information content (AvgIpc) is 2.49. The highest BCUT2D eigenvalue weighted by Crippen LogP contribution is 2.29. The summed E-state index contributed by atoms with van der Waals surface area (Å²) < 4.78 is 1.84. The minimum Gasteiger partial charge on any atom is -0.478 e. The van der Waals surface area contributed by atoms with Gasteiger partial charge in [-0.3, -0.25) is 4.79 Å². The molecule has 0 bridgehead atoms. The van der Waals surface area contributed by atoms with Gasteiger partial charge in [-0.1, -0.05) is 18.2 Å². The third kappa shape index (κ3) is 2.19. The van der Waals surface area contributed by atoms with E-state index in [1.807, 2.05) is 41.1 Å². The largest absolute Gasteiger partial charge is 0.478 e. The molecule has 0 radical (unpaired) electrons. The lowest BCUT2D eigenvalue weighted by molar-refractivity contribution is 0.0696. The van der Waals surface area contributed by atoms with E-state index in [9.17, 15) is 14.7 Å². The van der Waals surface area contributed by atoms with Crippen molar-refractivity contribution >= 4 is 5.97 Å². The smallest absolute Gasteiger partial charge is 0.338 e. The van der Waals surface area contributed by atoms with Gasteiger partial charge < -0.3 is 9.67 Å². The van der Waals surface area contributed by atoms with Gasteiger partial charge in [0.15, 0.2) is 5.43 Å². The molecule has 4 nitrogen and oxygen atoms in total. The Morgan fingerprint density at radius 1 is 1.09 bits per heavy atom. The fourth-order valence-electron chi connectivity index (χ4n) is 2.71. The summed E-state index contributed by atoms with van der Waals surface area (Å²) in [5, 5.41) is 9.58. The standard InChI is InChI=1S/C18H15NO3/c1-11-8-13-10-19(14-6-4-3-5-7-14)12(2)17(18(21)22)15(13)9-16(11)20/h3-10H,1-2H3,(H,21,22). The maximum atomic E-state index is 11.9. The number of hydrogen-bond acceptors (Lipinski definition) is 2. The van der Waals surface area contributed by atoms with Crippen molar-refractivity contribution in [2.24, 2.45) is 0 Å². The van der Waals surface area contributed by atoms with Gasteiger partial charge in [-0.25, -0.2) is 4.79 Å². The van der Waals surface area contributed by atoms with E-state index in [2.05, 4.69) is 0 Å². The van der Waals surface area contributed by atoms with Crippen molar-refractivity contribution in [2.45, 2.75) is 13.8 Å². The number of carboxylic acids is 1. The van der Waals surface area contributed by atoms with Crippen LogP contribution in [0.15, 0.2) is 53.5 Å². The van der Waals surface area contributed by atoms with E-state index in [4.69, 9.17) is 0 Å². The van der Waals surface area contributed by atoms with E-state index >= 15 is 0 Å². The van der Waals surface area contributed by atoms with Crippen LogP contribution in [-0.4, -0.2) is 15.6 Å². The van der Waals surface area contributed by atoms with Crippen molar-refractivity contribution in [1.29, 1.82) is 0 Å². The van der Waals surface area contributed by atoms with E-state index in [1.165, 1.54) is 6.07 Å². The first-order chi connectivity index (χ1) is 10.5. The van der Waals surface area contributed by atoms with Crippen LogP contribution in [0.5, 0.6) is 0 Å². The summed E-state index contributed by atoms with van der Waals surface area (Å²) in [6, 6.07) is 12.7. The molecule has 1 aliphatic heterocycles. The second-order valence-corrected chi connectivity index (χ2v) is 5.31. The van der Waals surface area contributed by atoms with Crippen LogP contribution in [-0.2, 0) is 0 Å². The average molecular weight is 293 g/mol. The lowest BCUT2D eigenvalue weighted by atomic mass is 9.95. The lowest BCUT2D eigenvalue weighted by Gasteiger charge is -2.19. The molecule has 4 heteroatoms. The van der Waals surface area contributed by atoms with Gasteiger partial charge in [-0.2, -0.15) is 0 Å². The SMILES string of the molecule is Cc1cc2cn(-c3ccccc3)c(C)c(C(=O)O)c-2cc1=O. The molecule has 22 heavy (non-hydrogen) atoms.